The molecule has 3 aromatic rings. The SMILES string of the molecule is COc1ccc(C[NH+](C)CC(=O)N[C@H](C)c2cc3ccccc3o2)cc1. The molecule has 0 aliphatic carbocycles. The number of ether oxygens (including phenoxy) is 1. The Morgan fingerprint density at radius 1 is 1.19 bits per heavy atom. The van der Waals surface area contributed by atoms with Gasteiger partial charge in [-0.1, -0.05) is 18.2 Å². The van der Waals surface area contributed by atoms with Crippen LogP contribution in [0.1, 0.15) is 24.3 Å². The molecule has 0 fully saturated rings. The number of hydrogen-bond acceptors (Lipinski definition) is 3. The van der Waals surface area contributed by atoms with E-state index < -0.39 is 0 Å². The highest BCUT2D eigenvalue weighted by Gasteiger charge is 2.17. The van der Waals surface area contributed by atoms with E-state index in [0.29, 0.717) is 6.54 Å². The van der Waals surface area contributed by atoms with Crippen molar-refractivity contribution in [2.45, 2.75) is 19.5 Å². The van der Waals surface area contributed by atoms with Crippen molar-refractivity contribution in [1.82, 2.24) is 5.32 Å². The van der Waals surface area contributed by atoms with Gasteiger partial charge in [0.15, 0.2) is 6.54 Å². The van der Waals surface area contributed by atoms with E-state index >= 15 is 0 Å². The van der Waals surface area contributed by atoms with Gasteiger partial charge in [0, 0.05) is 10.9 Å². The van der Waals surface area contributed by atoms with Gasteiger partial charge in [0.05, 0.1) is 20.2 Å². The van der Waals surface area contributed by atoms with Crippen molar-refractivity contribution >= 4 is 16.9 Å². The van der Waals surface area contributed by atoms with Crippen LogP contribution < -0.4 is 15.0 Å². The van der Waals surface area contributed by atoms with Crippen LogP contribution in [0.4, 0.5) is 0 Å². The van der Waals surface area contributed by atoms with Crippen molar-refractivity contribution in [1.29, 1.82) is 0 Å². The first-order valence-electron chi connectivity index (χ1n) is 8.77. The van der Waals surface area contributed by atoms with E-state index in [2.05, 4.69) is 5.32 Å². The highest BCUT2D eigenvalue weighted by molar-refractivity contribution is 5.79. The Morgan fingerprint density at radius 2 is 1.92 bits per heavy atom. The van der Waals surface area contributed by atoms with Crippen LogP contribution in [-0.4, -0.2) is 26.6 Å². The van der Waals surface area contributed by atoms with Gasteiger partial charge in [-0.2, -0.15) is 0 Å². The summed E-state index contributed by atoms with van der Waals surface area (Å²) in [6, 6.07) is 17.6. The molecule has 2 aromatic carbocycles. The zero-order valence-corrected chi connectivity index (χ0v) is 15.4. The van der Waals surface area contributed by atoms with Gasteiger partial charge in [-0.3, -0.25) is 4.79 Å². The summed E-state index contributed by atoms with van der Waals surface area (Å²) in [5, 5.41) is 4.07. The Balaban J connectivity index is 1.53. The zero-order chi connectivity index (χ0) is 18.5. The largest absolute Gasteiger partial charge is 0.497 e. The Hall–Kier alpha value is -2.79. The minimum absolute atomic E-state index is 0.00367. The fourth-order valence-electron chi connectivity index (χ4n) is 3.01. The molecule has 0 saturated carbocycles. The molecule has 0 radical (unpaired) electrons. The number of likely N-dealkylation sites (N-methyl/N-ethyl adjacent to an activating group) is 1. The maximum atomic E-state index is 12.3. The highest BCUT2D eigenvalue weighted by atomic mass is 16.5. The maximum absolute atomic E-state index is 12.3. The second-order valence-corrected chi connectivity index (χ2v) is 6.63. The van der Waals surface area contributed by atoms with E-state index in [1.807, 2.05) is 68.6 Å². The van der Waals surface area contributed by atoms with Crippen molar-refractivity contribution in [3.8, 4) is 5.75 Å². The van der Waals surface area contributed by atoms with Gasteiger partial charge in [0.25, 0.3) is 5.91 Å². The third kappa shape index (κ3) is 4.43. The Morgan fingerprint density at radius 3 is 2.62 bits per heavy atom. The van der Waals surface area contributed by atoms with Crippen molar-refractivity contribution in [2.75, 3.05) is 20.7 Å². The summed E-state index contributed by atoms with van der Waals surface area (Å²) in [6.07, 6.45) is 0. The van der Waals surface area contributed by atoms with Crippen molar-refractivity contribution in [2.24, 2.45) is 0 Å². The van der Waals surface area contributed by atoms with Gasteiger partial charge in [0.1, 0.15) is 23.6 Å². The first kappa shape index (κ1) is 18.0. The van der Waals surface area contributed by atoms with E-state index in [9.17, 15) is 4.79 Å². The minimum Gasteiger partial charge on any atom is -0.497 e. The molecule has 0 aliphatic rings. The number of rotatable bonds is 7. The number of carbonyl (C=O) groups is 1. The van der Waals surface area contributed by atoms with Crippen LogP contribution in [0.2, 0.25) is 0 Å². The van der Waals surface area contributed by atoms with E-state index in [-0.39, 0.29) is 11.9 Å². The maximum Gasteiger partial charge on any atom is 0.275 e. The van der Waals surface area contributed by atoms with Crippen LogP contribution in [0.3, 0.4) is 0 Å². The Kier molecular flexibility index (Phi) is 5.58. The van der Waals surface area contributed by atoms with E-state index in [1.54, 1.807) is 7.11 Å². The molecule has 1 aromatic heterocycles. The molecule has 5 nitrogen and oxygen atoms in total. The second kappa shape index (κ2) is 8.06. The molecule has 0 bridgehead atoms. The molecule has 1 amide bonds. The van der Waals surface area contributed by atoms with Gasteiger partial charge in [0.2, 0.25) is 0 Å². The zero-order valence-electron chi connectivity index (χ0n) is 15.4. The van der Waals surface area contributed by atoms with Crippen LogP contribution in [0.25, 0.3) is 11.0 Å². The average Bonchev–Trinajstić information content (AvgIpc) is 3.06. The molecule has 136 valence electrons. The minimum atomic E-state index is -0.163. The van der Waals surface area contributed by atoms with Gasteiger partial charge in [-0.05, 0) is 43.3 Å². The summed E-state index contributed by atoms with van der Waals surface area (Å²) in [6.45, 7) is 3.11. The number of methoxy groups -OCH3 is 1. The van der Waals surface area contributed by atoms with Crippen molar-refractivity contribution in [3.63, 3.8) is 0 Å². The first-order chi connectivity index (χ1) is 12.5. The Bertz CT molecular complexity index is 837. The summed E-state index contributed by atoms with van der Waals surface area (Å²) >= 11 is 0. The monoisotopic (exact) mass is 353 g/mol. The van der Waals surface area contributed by atoms with Crippen LogP contribution in [0.5, 0.6) is 5.75 Å². The summed E-state index contributed by atoms with van der Waals surface area (Å²) in [5.41, 5.74) is 2.01. The molecule has 0 saturated heterocycles. The standard InChI is InChI=1S/C21H24N2O3/c1-15(20-12-17-6-4-5-7-19(17)26-20)22-21(24)14-23(2)13-16-8-10-18(25-3)11-9-16/h4-12,15H,13-14H2,1-3H3,(H,22,24)/p+1/t15-/m1/s1. The average molecular weight is 353 g/mol. The van der Waals surface area contributed by atoms with Gasteiger partial charge in [-0.25, -0.2) is 0 Å². The molecule has 1 heterocycles. The lowest BCUT2D eigenvalue weighted by Crippen LogP contribution is -3.08. The molecule has 26 heavy (non-hydrogen) atoms. The normalized spacial score (nSPS) is 13.3. The first-order valence-corrected chi connectivity index (χ1v) is 8.77. The molecular formula is C21H25N2O3+. The number of para-hydroxylation sites is 1. The van der Waals surface area contributed by atoms with Crippen LogP contribution in [0.15, 0.2) is 59.0 Å². The number of quaternary nitrogens is 1. The lowest BCUT2D eigenvalue weighted by molar-refractivity contribution is -0.885. The summed E-state index contributed by atoms with van der Waals surface area (Å²) in [5.74, 6) is 1.61. The molecule has 1 unspecified atom stereocenters. The van der Waals surface area contributed by atoms with E-state index in [0.717, 1.165) is 33.9 Å². The number of benzene rings is 2. The predicted octanol–water partition coefficient (Wildman–Crippen LogP) is 2.33. The number of carbonyl (C=O) groups excluding carboxylic acids is 1. The summed E-state index contributed by atoms with van der Waals surface area (Å²) in [7, 11) is 3.66. The molecule has 0 aliphatic heterocycles. The van der Waals surface area contributed by atoms with E-state index in [1.165, 1.54) is 5.56 Å². The number of hydrogen-bond donors (Lipinski definition) is 2. The number of furan rings is 1. The molecule has 2 atom stereocenters. The van der Waals surface area contributed by atoms with Crippen LogP contribution in [-0.2, 0) is 11.3 Å². The third-order valence-corrected chi connectivity index (χ3v) is 4.38. The predicted molar refractivity (Wildman–Crippen MR) is 101 cm³/mol. The molecule has 0 spiro atoms. The molecule has 3 rings (SSSR count). The molecule has 2 N–H and O–H groups in total. The third-order valence-electron chi connectivity index (χ3n) is 4.38. The van der Waals surface area contributed by atoms with E-state index in [4.69, 9.17) is 9.15 Å². The Labute approximate surface area is 153 Å². The lowest BCUT2D eigenvalue weighted by atomic mass is 10.2. The second-order valence-electron chi connectivity index (χ2n) is 6.63. The van der Waals surface area contributed by atoms with Gasteiger partial charge < -0.3 is 19.4 Å². The quantitative estimate of drug-likeness (QED) is 0.685. The van der Waals surface area contributed by atoms with Crippen molar-refractivity contribution in [3.05, 3.63) is 65.9 Å². The summed E-state index contributed by atoms with van der Waals surface area (Å²) in [4.78, 5) is 13.5. The number of amides is 1. The molecular weight excluding hydrogens is 328 g/mol. The number of nitrogens with one attached hydrogen (secondary N) is 2. The highest BCUT2D eigenvalue weighted by Crippen LogP contribution is 2.23. The summed E-state index contributed by atoms with van der Waals surface area (Å²) < 4.78 is 11.0. The fraction of sp³-hybridized carbons (Fsp3) is 0.286. The molecule has 5 heteroatoms. The number of fused-ring (bicyclic) bond motifs is 1. The van der Waals surface area contributed by atoms with Gasteiger partial charge in [-0.15, -0.1) is 0 Å². The fourth-order valence-corrected chi connectivity index (χ4v) is 3.01. The van der Waals surface area contributed by atoms with Crippen molar-refractivity contribution < 1.29 is 18.8 Å². The lowest BCUT2D eigenvalue weighted by Gasteiger charge is -2.16. The smallest absolute Gasteiger partial charge is 0.275 e. The van der Waals surface area contributed by atoms with Crippen LogP contribution in [0, 0.1) is 0 Å². The van der Waals surface area contributed by atoms with Gasteiger partial charge >= 0.3 is 0 Å². The topological polar surface area (TPSA) is 55.9 Å². The van der Waals surface area contributed by atoms with Crippen LogP contribution >= 0.6 is 0 Å².